The van der Waals surface area contributed by atoms with E-state index in [9.17, 15) is 24.5 Å². The number of carbonyl (C=O) groups is 3. The van der Waals surface area contributed by atoms with Crippen molar-refractivity contribution < 1.29 is 19.3 Å². The zero-order valence-corrected chi connectivity index (χ0v) is 20.4. The number of nitro groups is 1. The van der Waals surface area contributed by atoms with E-state index in [1.807, 2.05) is 6.07 Å². The minimum atomic E-state index is -0.637. The highest BCUT2D eigenvalue weighted by Crippen LogP contribution is 2.60. The van der Waals surface area contributed by atoms with Crippen molar-refractivity contribution in [3.05, 3.63) is 75.8 Å². The molecule has 0 spiro atoms. The number of halogens is 2. The van der Waals surface area contributed by atoms with E-state index in [2.05, 4.69) is 31.9 Å². The first-order chi connectivity index (χ1) is 15.8. The van der Waals surface area contributed by atoms with Gasteiger partial charge in [-0.25, -0.2) is 5.01 Å². The molecule has 1 heterocycles. The number of fused-ring (bicyclic) bond motifs is 5. The fourth-order valence-corrected chi connectivity index (χ4v) is 7.34. The van der Waals surface area contributed by atoms with Gasteiger partial charge in [0, 0.05) is 27.4 Å². The van der Waals surface area contributed by atoms with Crippen LogP contribution < -0.4 is 0 Å². The molecule has 0 aromatic heterocycles. The van der Waals surface area contributed by atoms with E-state index < -0.39 is 22.7 Å². The number of hydrogen-bond acceptors (Lipinski definition) is 5. The van der Waals surface area contributed by atoms with E-state index in [4.69, 9.17) is 0 Å². The van der Waals surface area contributed by atoms with E-state index in [0.29, 0.717) is 0 Å². The van der Waals surface area contributed by atoms with Gasteiger partial charge >= 0.3 is 0 Å². The zero-order chi connectivity index (χ0) is 23.4. The van der Waals surface area contributed by atoms with Crippen molar-refractivity contribution in [1.82, 2.24) is 10.0 Å². The number of rotatable bonds is 5. The second kappa shape index (κ2) is 8.32. The molecule has 3 fully saturated rings. The summed E-state index contributed by atoms with van der Waals surface area (Å²) in [5, 5.41) is 13.4. The molecule has 1 aliphatic heterocycles. The van der Waals surface area contributed by atoms with Crippen LogP contribution in [-0.4, -0.2) is 42.3 Å². The molecule has 2 bridgehead atoms. The molecule has 170 valence electrons. The number of amides is 3. The summed E-state index contributed by atoms with van der Waals surface area (Å²) in [6.45, 7) is -0.00982. The van der Waals surface area contributed by atoms with Gasteiger partial charge in [0.25, 0.3) is 23.4 Å². The molecule has 2 aromatic rings. The Morgan fingerprint density at radius 1 is 1.00 bits per heavy atom. The summed E-state index contributed by atoms with van der Waals surface area (Å²) in [7, 11) is 0. The first-order valence-electron chi connectivity index (χ1n) is 10.6. The molecule has 2 saturated carbocycles. The number of nitro benzene ring substituents is 1. The lowest BCUT2D eigenvalue weighted by molar-refractivity contribution is -0.384. The Bertz CT molecular complexity index is 1130. The summed E-state index contributed by atoms with van der Waals surface area (Å²) in [5.74, 6) is -2.32. The van der Waals surface area contributed by atoms with Crippen LogP contribution >= 0.6 is 31.9 Å². The van der Waals surface area contributed by atoms with Crippen molar-refractivity contribution in [2.75, 3.05) is 0 Å². The third-order valence-electron chi connectivity index (χ3n) is 6.92. The molecule has 0 unspecified atom stereocenters. The van der Waals surface area contributed by atoms with Crippen LogP contribution in [-0.2, 0) is 16.1 Å². The standard InChI is InChI=1S/C23H19Br2N3O5/c24-19-15-10-16(20(19)25)18-17(15)22(30)27(23(18)31)26(11-12-5-2-1-3-6-12)21(29)13-7-4-8-14(9-13)28(32)33/h1-9,15-20H,10-11H2/t15-,16-,17-,18+,19-,20+/m1/s1. The summed E-state index contributed by atoms with van der Waals surface area (Å²) in [4.78, 5) is 51.5. The number of benzene rings is 2. The van der Waals surface area contributed by atoms with Gasteiger partial charge in [0.2, 0.25) is 0 Å². The second-order valence-corrected chi connectivity index (χ2v) is 10.8. The molecule has 6 atom stereocenters. The maximum Gasteiger partial charge on any atom is 0.273 e. The zero-order valence-electron chi connectivity index (χ0n) is 17.2. The summed E-state index contributed by atoms with van der Waals surface area (Å²) in [6.07, 6.45) is 0.782. The number of carbonyl (C=O) groups excluding carboxylic acids is 3. The summed E-state index contributed by atoms with van der Waals surface area (Å²) in [5.41, 5.74) is 0.532. The number of hydrogen-bond donors (Lipinski definition) is 0. The molecule has 33 heavy (non-hydrogen) atoms. The van der Waals surface area contributed by atoms with Crippen LogP contribution in [0.1, 0.15) is 22.3 Å². The van der Waals surface area contributed by atoms with E-state index in [0.717, 1.165) is 22.0 Å². The van der Waals surface area contributed by atoms with E-state index in [1.165, 1.54) is 24.3 Å². The van der Waals surface area contributed by atoms with Gasteiger partial charge in [0.1, 0.15) is 0 Å². The van der Waals surface area contributed by atoms with Crippen LogP contribution in [0.5, 0.6) is 0 Å². The van der Waals surface area contributed by atoms with Gasteiger partial charge < -0.3 is 0 Å². The smallest absolute Gasteiger partial charge is 0.272 e. The van der Waals surface area contributed by atoms with Gasteiger partial charge in [-0.15, -0.1) is 0 Å². The number of non-ortho nitro benzene ring substituents is 1. The summed E-state index contributed by atoms with van der Waals surface area (Å²) < 4.78 is 0. The van der Waals surface area contributed by atoms with Crippen molar-refractivity contribution in [1.29, 1.82) is 0 Å². The maximum atomic E-state index is 13.6. The van der Waals surface area contributed by atoms with E-state index in [1.54, 1.807) is 24.3 Å². The highest BCUT2D eigenvalue weighted by atomic mass is 79.9. The Morgan fingerprint density at radius 2 is 1.61 bits per heavy atom. The van der Waals surface area contributed by atoms with Gasteiger partial charge in [-0.1, -0.05) is 68.3 Å². The van der Waals surface area contributed by atoms with Crippen LogP contribution in [0.4, 0.5) is 5.69 Å². The molecule has 1 saturated heterocycles. The quantitative estimate of drug-likeness (QED) is 0.232. The molecule has 0 N–H and O–H groups in total. The summed E-state index contributed by atoms with van der Waals surface area (Å²) >= 11 is 7.34. The minimum Gasteiger partial charge on any atom is -0.272 e. The molecular weight excluding hydrogens is 558 g/mol. The van der Waals surface area contributed by atoms with Crippen molar-refractivity contribution in [2.24, 2.45) is 23.7 Å². The fourth-order valence-electron chi connectivity index (χ4n) is 5.46. The van der Waals surface area contributed by atoms with E-state index in [-0.39, 0.29) is 51.1 Å². The van der Waals surface area contributed by atoms with Crippen molar-refractivity contribution >= 4 is 55.3 Å². The third-order valence-corrected chi connectivity index (χ3v) is 10.1. The van der Waals surface area contributed by atoms with E-state index >= 15 is 0 Å². The Morgan fingerprint density at radius 3 is 2.18 bits per heavy atom. The Labute approximate surface area is 206 Å². The highest BCUT2D eigenvalue weighted by Gasteiger charge is 2.67. The molecule has 0 radical (unpaired) electrons. The van der Waals surface area contributed by atoms with Crippen LogP contribution in [0.2, 0.25) is 0 Å². The van der Waals surface area contributed by atoms with Gasteiger partial charge in [-0.2, -0.15) is 5.01 Å². The van der Waals surface area contributed by atoms with Crippen LogP contribution in [0.25, 0.3) is 0 Å². The minimum absolute atomic E-state index is 0.00982. The molecule has 3 aliphatic rings. The van der Waals surface area contributed by atoms with Gasteiger partial charge in [-0.05, 0) is 29.9 Å². The summed E-state index contributed by atoms with van der Waals surface area (Å²) in [6, 6.07) is 14.4. The number of alkyl halides is 2. The topological polar surface area (TPSA) is 101 Å². The largest absolute Gasteiger partial charge is 0.273 e. The number of imide groups is 1. The Balaban J connectivity index is 1.53. The first-order valence-corrected chi connectivity index (χ1v) is 12.4. The van der Waals surface area contributed by atoms with Crippen LogP contribution in [0, 0.1) is 33.8 Å². The van der Waals surface area contributed by atoms with Gasteiger partial charge in [-0.3, -0.25) is 24.5 Å². The van der Waals surface area contributed by atoms with Crippen molar-refractivity contribution in [3.8, 4) is 0 Å². The SMILES string of the molecule is O=C(c1cccc([N+](=O)[O-])c1)N(Cc1ccccc1)N1C(=O)[C@@H]2[C@H]3C[C@@H]([C@H](Br)[C@@H]3Br)[C@@H]2C1=O. The van der Waals surface area contributed by atoms with Gasteiger partial charge in [0.15, 0.2) is 0 Å². The lowest BCUT2D eigenvalue weighted by Gasteiger charge is -2.31. The predicted molar refractivity (Wildman–Crippen MR) is 125 cm³/mol. The molecule has 10 heteroatoms. The predicted octanol–water partition coefficient (Wildman–Crippen LogP) is 3.93. The molecular formula is C23H19Br2N3O5. The highest BCUT2D eigenvalue weighted by molar-refractivity contribution is 9.12. The number of hydrazine groups is 1. The number of nitrogens with zero attached hydrogens (tertiary/aromatic N) is 3. The maximum absolute atomic E-state index is 13.6. The average Bonchev–Trinajstić information content (AvgIpc) is 3.43. The third kappa shape index (κ3) is 3.50. The second-order valence-electron chi connectivity index (χ2n) is 8.65. The van der Waals surface area contributed by atoms with Crippen LogP contribution in [0.3, 0.4) is 0 Å². The monoisotopic (exact) mass is 575 g/mol. The lowest BCUT2D eigenvalue weighted by Crippen LogP contribution is -2.50. The molecule has 5 rings (SSSR count). The molecule has 2 aliphatic carbocycles. The first kappa shape index (κ1) is 22.2. The molecule has 3 amide bonds. The lowest BCUT2D eigenvalue weighted by atomic mass is 9.81. The normalized spacial score (nSPS) is 29.9. The Kier molecular flexibility index (Phi) is 5.60. The molecule has 8 nitrogen and oxygen atoms in total. The van der Waals surface area contributed by atoms with Crippen LogP contribution in [0.15, 0.2) is 54.6 Å². The average molecular weight is 577 g/mol. The van der Waals surface area contributed by atoms with Gasteiger partial charge in [0.05, 0.1) is 23.3 Å². The fraction of sp³-hybridized carbons (Fsp3) is 0.348. The van der Waals surface area contributed by atoms with Crippen molar-refractivity contribution in [2.45, 2.75) is 22.6 Å². The van der Waals surface area contributed by atoms with Crippen molar-refractivity contribution in [3.63, 3.8) is 0 Å². The molecule has 2 aromatic carbocycles. The Hall–Kier alpha value is -2.59.